The fraction of sp³-hybridized carbons (Fsp3) is 0.308. The molecule has 1 saturated heterocycles. The molecule has 0 amide bonds. The smallest absolute Gasteiger partial charge is 0.145 e. The number of rotatable bonds is 8. The predicted molar refractivity (Wildman–Crippen MR) is 144 cm³/mol. The van der Waals surface area contributed by atoms with Crippen molar-refractivity contribution >= 4 is 55.7 Å². The van der Waals surface area contributed by atoms with Crippen LogP contribution in [-0.4, -0.2) is 72.6 Å². The zero-order valence-electron chi connectivity index (χ0n) is 20.6. The van der Waals surface area contributed by atoms with E-state index in [-0.39, 0.29) is 12.2 Å². The molecule has 5 rings (SSSR count). The summed E-state index contributed by atoms with van der Waals surface area (Å²) < 4.78 is 13.6. The van der Waals surface area contributed by atoms with Crippen LogP contribution in [0.4, 0.5) is 11.5 Å². The molecule has 0 saturated carbocycles. The molecule has 1 aliphatic heterocycles. The highest BCUT2D eigenvalue weighted by atomic mass is 32.1. The van der Waals surface area contributed by atoms with Crippen LogP contribution < -0.4 is 15.4 Å². The largest absolute Gasteiger partial charge is 0.487 e. The molecule has 0 bridgehead atoms. The van der Waals surface area contributed by atoms with E-state index >= 15 is 0 Å². The number of nitrogens with one attached hydrogen (secondary N) is 2. The third-order valence-corrected chi connectivity index (χ3v) is 7.21. The van der Waals surface area contributed by atoms with Crippen molar-refractivity contribution in [3.05, 3.63) is 53.9 Å². The Bertz CT molecular complexity index is 1420. The average Bonchev–Trinajstić information content (AvgIpc) is 3.36. The van der Waals surface area contributed by atoms with Gasteiger partial charge >= 0.3 is 0 Å². The Hall–Kier alpha value is -3.44. The van der Waals surface area contributed by atoms with Gasteiger partial charge in [-0.3, -0.25) is 0 Å². The Kier molecular flexibility index (Phi) is 7.19. The Balaban J connectivity index is 1.61. The van der Waals surface area contributed by atoms with Gasteiger partial charge in [-0.05, 0) is 49.4 Å². The summed E-state index contributed by atoms with van der Waals surface area (Å²) in [6.07, 6.45) is 5.49. The normalized spacial score (nSPS) is 19.0. The first kappa shape index (κ1) is 24.3. The maximum atomic E-state index is 7.93. The van der Waals surface area contributed by atoms with Crippen molar-refractivity contribution in [1.82, 2.24) is 19.9 Å². The highest BCUT2D eigenvalue weighted by Gasteiger charge is 2.30. The van der Waals surface area contributed by atoms with Crippen molar-refractivity contribution in [2.45, 2.75) is 18.6 Å². The van der Waals surface area contributed by atoms with Gasteiger partial charge in [-0.25, -0.2) is 15.0 Å². The third kappa shape index (κ3) is 4.93. The molecule has 3 heterocycles. The Morgan fingerprint density at radius 2 is 2.08 bits per heavy atom. The summed E-state index contributed by atoms with van der Waals surface area (Å²) in [6.45, 7) is 1.72. The summed E-state index contributed by atoms with van der Waals surface area (Å²) in [4.78, 5) is 15.8. The summed E-state index contributed by atoms with van der Waals surface area (Å²) in [5.41, 5.74) is 6.11. The maximum absolute atomic E-state index is 7.93. The number of allylic oxidation sites excluding steroid dienone is 1. The van der Waals surface area contributed by atoms with Crippen LogP contribution in [0, 0.1) is 5.41 Å². The molecule has 4 aromatic rings. The van der Waals surface area contributed by atoms with E-state index < -0.39 is 0 Å². The third-order valence-electron chi connectivity index (χ3n) is 6.41. The van der Waals surface area contributed by atoms with Gasteiger partial charge in [0.2, 0.25) is 0 Å². The van der Waals surface area contributed by atoms with Crippen LogP contribution in [0.2, 0.25) is 0 Å². The highest BCUT2D eigenvalue weighted by molar-refractivity contribution is 7.16. The number of hydrogen-bond donors (Lipinski definition) is 3. The second-order valence-corrected chi connectivity index (χ2v) is 9.72. The van der Waals surface area contributed by atoms with Gasteiger partial charge < -0.3 is 30.4 Å². The molecule has 4 N–H and O–H groups in total. The zero-order chi connectivity index (χ0) is 25.1. The number of anilines is 2. The topological polar surface area (TPSA) is 113 Å². The van der Waals surface area contributed by atoms with Crippen LogP contribution in [0.25, 0.3) is 26.7 Å². The van der Waals surface area contributed by atoms with Crippen molar-refractivity contribution in [3.8, 4) is 5.75 Å². The zero-order valence-corrected chi connectivity index (χ0v) is 21.4. The molecule has 0 spiro atoms. The highest BCUT2D eigenvalue weighted by Crippen LogP contribution is 2.36. The second-order valence-electron chi connectivity index (χ2n) is 8.83. The number of nitrogens with two attached hydrogens (primary N) is 1. The van der Waals surface area contributed by atoms with Crippen LogP contribution in [0.5, 0.6) is 5.75 Å². The number of likely N-dealkylation sites (tertiary alicyclic amines) is 1. The van der Waals surface area contributed by atoms with Gasteiger partial charge in [0.15, 0.2) is 0 Å². The van der Waals surface area contributed by atoms with Crippen molar-refractivity contribution in [1.29, 1.82) is 5.41 Å². The summed E-state index contributed by atoms with van der Waals surface area (Å²) >= 11 is 1.60. The molecule has 1 fully saturated rings. The molecular weight excluding hydrogens is 474 g/mol. The summed E-state index contributed by atoms with van der Waals surface area (Å²) in [7, 11) is 5.76. The van der Waals surface area contributed by atoms with Crippen LogP contribution in [0.15, 0.2) is 48.4 Å². The number of fused-ring (bicyclic) bond motifs is 2. The van der Waals surface area contributed by atoms with E-state index in [9.17, 15) is 0 Å². The minimum atomic E-state index is -0.114. The first-order valence-electron chi connectivity index (χ1n) is 11.9. The van der Waals surface area contributed by atoms with Crippen molar-refractivity contribution in [3.63, 3.8) is 0 Å². The number of hydrogen-bond acceptors (Lipinski definition) is 9. The van der Waals surface area contributed by atoms with Gasteiger partial charge in [0.05, 0.1) is 39.3 Å². The molecule has 1 aliphatic rings. The van der Waals surface area contributed by atoms with E-state index in [2.05, 4.69) is 38.3 Å². The lowest BCUT2D eigenvalue weighted by molar-refractivity contribution is -0.555. The molecule has 10 heteroatoms. The molecule has 186 valence electrons. The fourth-order valence-corrected chi connectivity index (χ4v) is 5.28. The average molecular weight is 505 g/mol. The van der Waals surface area contributed by atoms with Crippen molar-refractivity contribution in [2.75, 3.05) is 39.6 Å². The molecule has 2 aromatic heterocycles. The molecule has 0 unspecified atom stereocenters. The summed E-state index contributed by atoms with van der Waals surface area (Å²) in [5.74, 6) is 1.33. The van der Waals surface area contributed by atoms with Crippen molar-refractivity contribution in [2.24, 2.45) is 0 Å². The van der Waals surface area contributed by atoms with Crippen LogP contribution >= 0.6 is 11.3 Å². The number of thiazole rings is 1. The maximum Gasteiger partial charge on any atom is 0.145 e. The Morgan fingerprint density at radius 1 is 1.19 bits per heavy atom. The number of likely N-dealkylation sites (N-methyl/N-ethyl adjacent to an activating group) is 1. The molecule has 9 nitrogen and oxygen atoms in total. The molecule has 0 aliphatic carbocycles. The van der Waals surface area contributed by atoms with E-state index in [1.54, 1.807) is 24.8 Å². The number of methoxy groups -OCH3 is 1. The Morgan fingerprint density at radius 3 is 2.89 bits per heavy atom. The fourth-order valence-electron chi connectivity index (χ4n) is 4.56. The standard InChI is InChI=1S/C26H29N7O2S/c1-28-12-17(11-27)16-8-20-25(22(9-16)35-21-6-7-33(2)13-23(21)34-3)26(30-14-29-20)32-18-4-5-19-24(10-18)36-15-31-19/h4-5,8-12,14-15,21,23,27-28H,6-7,13H2,1-3H3,(H,29,30,32)/p+1/b17-12+,27-11?/t21-,23-/m0/s1. The van der Waals surface area contributed by atoms with Crippen LogP contribution in [0.1, 0.15) is 12.0 Å². The number of quaternary nitrogens is 1. The lowest BCUT2D eigenvalue weighted by atomic mass is 10.0. The number of aromatic nitrogens is 3. The van der Waals surface area contributed by atoms with E-state index in [1.165, 1.54) is 6.21 Å². The van der Waals surface area contributed by atoms with Crippen molar-refractivity contribution < 1.29 is 14.8 Å². The molecule has 36 heavy (non-hydrogen) atoms. The van der Waals surface area contributed by atoms with Gasteiger partial charge in [-0.2, -0.15) is 0 Å². The van der Waals surface area contributed by atoms with Gasteiger partial charge in [0.1, 0.15) is 36.3 Å². The minimum Gasteiger partial charge on any atom is -0.487 e. The van der Waals surface area contributed by atoms with Gasteiger partial charge in [0, 0.05) is 32.1 Å². The SMILES string of the molecule is C[NH2+]/C=C(\C=N)c1cc(O[C@H]2CCN(C)C[C@@H]2OC)c2c(Nc3ccc4ncsc4c3)ncnc2c1. The monoisotopic (exact) mass is 504 g/mol. The molecule has 2 aromatic carbocycles. The number of piperidine rings is 1. The van der Waals surface area contributed by atoms with Gasteiger partial charge in [-0.15, -0.1) is 11.3 Å². The number of benzene rings is 2. The van der Waals surface area contributed by atoms with E-state index in [1.807, 2.05) is 48.3 Å². The lowest BCUT2D eigenvalue weighted by Gasteiger charge is -2.36. The Labute approximate surface area is 213 Å². The van der Waals surface area contributed by atoms with E-state index in [0.29, 0.717) is 11.6 Å². The van der Waals surface area contributed by atoms with E-state index in [0.717, 1.165) is 57.5 Å². The quantitative estimate of drug-likeness (QED) is 0.316. The van der Waals surface area contributed by atoms with Gasteiger partial charge in [0.25, 0.3) is 0 Å². The number of nitrogens with zero attached hydrogens (tertiary/aromatic N) is 4. The first-order valence-corrected chi connectivity index (χ1v) is 12.7. The second kappa shape index (κ2) is 10.7. The summed E-state index contributed by atoms with van der Waals surface area (Å²) in [6, 6.07) is 10.0. The molecule has 2 atom stereocenters. The molecular formula is C26H30N7O2S+. The van der Waals surface area contributed by atoms with E-state index in [4.69, 9.17) is 14.9 Å². The minimum absolute atomic E-state index is 0.0565. The predicted octanol–water partition coefficient (Wildman–Crippen LogP) is 3.26. The number of ether oxygens (including phenoxy) is 2. The molecule has 0 radical (unpaired) electrons. The summed E-state index contributed by atoms with van der Waals surface area (Å²) in [5, 5.41) is 14.1. The first-order chi connectivity index (χ1) is 17.6. The van der Waals surface area contributed by atoms with Gasteiger partial charge in [-0.1, -0.05) is 0 Å². The van der Waals surface area contributed by atoms with Crippen LogP contribution in [-0.2, 0) is 4.74 Å². The lowest BCUT2D eigenvalue weighted by Crippen LogP contribution is -2.72. The van der Waals surface area contributed by atoms with Crippen LogP contribution in [0.3, 0.4) is 0 Å².